The lowest BCUT2D eigenvalue weighted by atomic mass is 9.92. The summed E-state index contributed by atoms with van der Waals surface area (Å²) in [7, 11) is 1.63. The normalized spacial score (nSPS) is 18.3. The van der Waals surface area contributed by atoms with E-state index in [1.807, 2.05) is 23.1 Å². The molecule has 0 fully saturated rings. The zero-order chi connectivity index (χ0) is 13.0. The van der Waals surface area contributed by atoms with Crippen molar-refractivity contribution in [3.63, 3.8) is 0 Å². The molecule has 0 bridgehead atoms. The molecule has 0 spiro atoms. The van der Waals surface area contributed by atoms with Crippen LogP contribution in [0.2, 0.25) is 0 Å². The van der Waals surface area contributed by atoms with E-state index in [0.29, 0.717) is 19.1 Å². The van der Waals surface area contributed by atoms with E-state index in [2.05, 4.69) is 18.3 Å². The number of hydrogen-bond acceptors (Lipinski definition) is 2. The summed E-state index contributed by atoms with van der Waals surface area (Å²) in [6, 6.07) is 8.09. The van der Waals surface area contributed by atoms with Gasteiger partial charge in [0, 0.05) is 25.9 Å². The number of nitrogens with zero attached hydrogens (tertiary/aromatic N) is 1. The van der Waals surface area contributed by atoms with Crippen LogP contribution in [0.3, 0.4) is 0 Å². The van der Waals surface area contributed by atoms with E-state index in [-0.39, 0.29) is 6.03 Å². The Hall–Kier alpha value is -1.55. The average molecular weight is 248 g/mol. The number of urea groups is 1. The van der Waals surface area contributed by atoms with Crippen LogP contribution in [0.15, 0.2) is 24.3 Å². The van der Waals surface area contributed by atoms with Crippen molar-refractivity contribution in [3.8, 4) is 0 Å². The lowest BCUT2D eigenvalue weighted by Gasteiger charge is -2.32. The van der Waals surface area contributed by atoms with Crippen LogP contribution >= 0.6 is 0 Å². The molecule has 1 aromatic rings. The largest absolute Gasteiger partial charge is 0.383 e. The van der Waals surface area contributed by atoms with Gasteiger partial charge in [0.25, 0.3) is 0 Å². The number of rotatable bonds is 3. The minimum Gasteiger partial charge on any atom is -0.383 e. The first-order valence-electron chi connectivity index (χ1n) is 6.37. The third-order valence-corrected chi connectivity index (χ3v) is 3.37. The number of para-hydroxylation sites is 1. The van der Waals surface area contributed by atoms with Gasteiger partial charge in [0.1, 0.15) is 0 Å². The van der Waals surface area contributed by atoms with Crippen molar-refractivity contribution >= 4 is 11.7 Å². The zero-order valence-electron chi connectivity index (χ0n) is 11.0. The van der Waals surface area contributed by atoms with E-state index in [4.69, 9.17) is 4.74 Å². The molecule has 0 saturated carbocycles. The Morgan fingerprint density at radius 3 is 3.06 bits per heavy atom. The van der Waals surface area contributed by atoms with E-state index in [9.17, 15) is 4.79 Å². The van der Waals surface area contributed by atoms with Crippen molar-refractivity contribution in [2.24, 2.45) is 0 Å². The highest BCUT2D eigenvalue weighted by atomic mass is 16.5. The zero-order valence-corrected chi connectivity index (χ0v) is 11.0. The number of ether oxygens (including phenoxy) is 1. The van der Waals surface area contributed by atoms with Crippen LogP contribution in [0.5, 0.6) is 0 Å². The predicted molar refractivity (Wildman–Crippen MR) is 72.1 cm³/mol. The van der Waals surface area contributed by atoms with Crippen LogP contribution in [-0.4, -0.2) is 32.8 Å². The molecule has 1 atom stereocenters. The van der Waals surface area contributed by atoms with Crippen molar-refractivity contribution in [1.82, 2.24) is 5.32 Å². The maximum atomic E-state index is 12.1. The number of amides is 2. The van der Waals surface area contributed by atoms with Crippen molar-refractivity contribution in [2.45, 2.75) is 19.3 Å². The standard InChI is InChI=1S/C14H20N2O2/c1-11-7-9-16(14(17)15-8-10-18-2)13-6-4-3-5-12(11)13/h3-6,11H,7-10H2,1-2H3,(H,15,17)/t11-/m1/s1. The Balaban J connectivity index is 2.11. The first-order valence-corrected chi connectivity index (χ1v) is 6.37. The minimum atomic E-state index is -0.0357. The molecule has 0 saturated heterocycles. The molecule has 1 aliphatic rings. The molecule has 4 heteroatoms. The summed E-state index contributed by atoms with van der Waals surface area (Å²) in [5.74, 6) is 0.518. The summed E-state index contributed by atoms with van der Waals surface area (Å²) in [6.07, 6.45) is 1.01. The first kappa shape index (κ1) is 12.9. The number of fused-ring (bicyclic) bond motifs is 1. The molecular weight excluding hydrogens is 228 g/mol. The smallest absolute Gasteiger partial charge is 0.321 e. The van der Waals surface area contributed by atoms with Gasteiger partial charge in [-0.15, -0.1) is 0 Å². The van der Waals surface area contributed by atoms with Gasteiger partial charge in [0.05, 0.1) is 6.61 Å². The van der Waals surface area contributed by atoms with Crippen LogP contribution in [0, 0.1) is 0 Å². The Kier molecular flexibility index (Phi) is 4.20. The summed E-state index contributed by atoms with van der Waals surface area (Å²) in [4.78, 5) is 13.9. The first-order chi connectivity index (χ1) is 8.74. The second-order valence-electron chi connectivity index (χ2n) is 4.62. The van der Waals surface area contributed by atoms with Gasteiger partial charge in [-0.05, 0) is 24.0 Å². The topological polar surface area (TPSA) is 41.6 Å². The second-order valence-corrected chi connectivity index (χ2v) is 4.62. The molecule has 1 N–H and O–H groups in total. The molecule has 0 radical (unpaired) electrons. The number of carbonyl (C=O) groups is 1. The average Bonchev–Trinajstić information content (AvgIpc) is 2.39. The predicted octanol–water partition coefficient (Wildman–Crippen LogP) is 2.36. The number of carbonyl (C=O) groups excluding carboxylic acids is 1. The molecule has 2 rings (SSSR count). The summed E-state index contributed by atoms with van der Waals surface area (Å²) in [5, 5.41) is 2.87. The van der Waals surface area contributed by atoms with Crippen molar-refractivity contribution < 1.29 is 9.53 Å². The number of benzene rings is 1. The fraction of sp³-hybridized carbons (Fsp3) is 0.500. The highest BCUT2D eigenvalue weighted by Crippen LogP contribution is 2.34. The van der Waals surface area contributed by atoms with E-state index in [0.717, 1.165) is 18.7 Å². The van der Waals surface area contributed by atoms with Gasteiger partial charge in [-0.1, -0.05) is 25.1 Å². The van der Waals surface area contributed by atoms with E-state index in [1.165, 1.54) is 5.56 Å². The van der Waals surface area contributed by atoms with Crippen molar-refractivity contribution in [1.29, 1.82) is 0 Å². The SMILES string of the molecule is COCCNC(=O)N1CC[C@@H](C)c2ccccc21. The lowest BCUT2D eigenvalue weighted by molar-refractivity contribution is 0.197. The maximum absolute atomic E-state index is 12.1. The van der Waals surface area contributed by atoms with Gasteiger partial charge < -0.3 is 10.1 Å². The van der Waals surface area contributed by atoms with Crippen LogP contribution in [0.25, 0.3) is 0 Å². The number of methoxy groups -OCH3 is 1. The van der Waals surface area contributed by atoms with Gasteiger partial charge in [0.2, 0.25) is 0 Å². The fourth-order valence-corrected chi connectivity index (χ4v) is 2.32. The number of hydrogen-bond donors (Lipinski definition) is 1. The second kappa shape index (κ2) is 5.87. The van der Waals surface area contributed by atoms with Gasteiger partial charge in [-0.2, -0.15) is 0 Å². The monoisotopic (exact) mass is 248 g/mol. The van der Waals surface area contributed by atoms with Crippen LogP contribution in [0.1, 0.15) is 24.8 Å². The molecule has 4 nitrogen and oxygen atoms in total. The quantitative estimate of drug-likeness (QED) is 0.834. The molecular formula is C14H20N2O2. The van der Waals surface area contributed by atoms with E-state index in [1.54, 1.807) is 7.11 Å². The Labute approximate surface area is 108 Å². The summed E-state index contributed by atoms with van der Waals surface area (Å²) < 4.78 is 4.93. The number of anilines is 1. The van der Waals surface area contributed by atoms with Gasteiger partial charge in [-0.3, -0.25) is 4.90 Å². The molecule has 1 aliphatic heterocycles. The highest BCUT2D eigenvalue weighted by molar-refractivity contribution is 5.93. The molecule has 98 valence electrons. The fourth-order valence-electron chi connectivity index (χ4n) is 2.32. The molecule has 0 aliphatic carbocycles. The summed E-state index contributed by atoms with van der Waals surface area (Å²) >= 11 is 0. The van der Waals surface area contributed by atoms with E-state index < -0.39 is 0 Å². The van der Waals surface area contributed by atoms with Crippen molar-refractivity contribution in [3.05, 3.63) is 29.8 Å². The van der Waals surface area contributed by atoms with Crippen molar-refractivity contribution in [2.75, 3.05) is 31.7 Å². The molecule has 1 heterocycles. The molecule has 0 unspecified atom stereocenters. The lowest BCUT2D eigenvalue weighted by Crippen LogP contribution is -2.44. The Morgan fingerprint density at radius 1 is 1.50 bits per heavy atom. The van der Waals surface area contributed by atoms with Gasteiger partial charge in [0.15, 0.2) is 0 Å². The third-order valence-electron chi connectivity index (χ3n) is 3.37. The van der Waals surface area contributed by atoms with Gasteiger partial charge >= 0.3 is 6.03 Å². The minimum absolute atomic E-state index is 0.0357. The van der Waals surface area contributed by atoms with Crippen LogP contribution in [0.4, 0.5) is 10.5 Å². The Morgan fingerprint density at radius 2 is 2.28 bits per heavy atom. The van der Waals surface area contributed by atoms with E-state index >= 15 is 0 Å². The maximum Gasteiger partial charge on any atom is 0.321 e. The molecule has 2 amide bonds. The van der Waals surface area contributed by atoms with Gasteiger partial charge in [-0.25, -0.2) is 4.79 Å². The third kappa shape index (κ3) is 2.64. The van der Waals surface area contributed by atoms with Crippen LogP contribution in [-0.2, 0) is 4.74 Å². The molecule has 0 aromatic heterocycles. The Bertz CT molecular complexity index is 420. The summed E-state index contributed by atoms with van der Waals surface area (Å²) in [5.41, 5.74) is 2.29. The summed E-state index contributed by atoms with van der Waals surface area (Å²) in [6.45, 7) is 4.07. The van der Waals surface area contributed by atoms with Crippen LogP contribution < -0.4 is 10.2 Å². The molecule has 1 aromatic carbocycles. The number of nitrogens with one attached hydrogen (secondary N) is 1. The highest BCUT2D eigenvalue weighted by Gasteiger charge is 2.25. The molecule has 18 heavy (non-hydrogen) atoms.